The third-order valence-corrected chi connectivity index (χ3v) is 29.2. The van der Waals surface area contributed by atoms with Gasteiger partial charge in [0, 0.05) is 76.0 Å². The van der Waals surface area contributed by atoms with E-state index in [-0.39, 0.29) is 0 Å². The van der Waals surface area contributed by atoms with Crippen molar-refractivity contribution >= 4 is 238 Å². The molecule has 0 atom stereocenters. The zero-order chi connectivity index (χ0) is 86.1. The van der Waals surface area contributed by atoms with Gasteiger partial charge in [-0.2, -0.15) is 0 Å². The van der Waals surface area contributed by atoms with Crippen molar-refractivity contribution in [3.63, 3.8) is 0 Å². The monoisotopic (exact) mass is 1670 g/mol. The van der Waals surface area contributed by atoms with Gasteiger partial charge in [0.1, 0.15) is 0 Å². The quantitative estimate of drug-likeness (QED) is 0.148. The molecule has 608 valence electrons. The fourth-order valence-corrected chi connectivity index (χ4v) is 23.3. The maximum atomic E-state index is 2.51. The largest absolute Gasteiger partial charge is 0.309 e. The van der Waals surface area contributed by atoms with E-state index in [1.807, 2.05) is 0 Å². The Hall–Kier alpha value is -17.4. The molecule has 0 aliphatic rings. The van der Waals surface area contributed by atoms with Crippen molar-refractivity contribution < 1.29 is 0 Å². The minimum absolute atomic E-state index is 1.17. The smallest absolute Gasteiger partial charge is 0.0547 e. The number of nitrogens with zero attached hydrogens (tertiary/aromatic N) is 4. The van der Waals surface area contributed by atoms with E-state index >= 15 is 0 Å². The van der Waals surface area contributed by atoms with Gasteiger partial charge in [0.25, 0.3) is 0 Å². The predicted molar refractivity (Wildman–Crippen MR) is 566 cm³/mol. The summed E-state index contributed by atoms with van der Waals surface area (Å²) in [4.78, 5) is 0. The predicted octanol–water partition coefficient (Wildman–Crippen LogP) is 35.2. The maximum absolute atomic E-state index is 2.51. The van der Waals surface area contributed by atoms with Crippen LogP contribution in [0.2, 0.25) is 0 Å². The second kappa shape index (κ2) is 28.0. The average Bonchev–Trinajstić information content (AvgIpc) is 1.38. The van der Waals surface area contributed by atoms with Gasteiger partial charge in [0.2, 0.25) is 0 Å². The molecule has 0 saturated carbocycles. The summed E-state index contributed by atoms with van der Waals surface area (Å²) < 4.78 is 9.89. The standard InChI is InChI=1S/C68H40N2.C60H36N2/c1-5-17-49-41(13-1)25-27-47-39-63(55-33-29-43-15-3-7-19-51(43)67(55)65(47)49)69-59-23-11-9-21-53(59)57-37-45(31-35-61(57)69)46-32-36-62-58(38-46)54-22-10-12-24-60(54)70(62)64-40-48-28-26-42-14-2-6-18-50(42)66(48)68-52-20-8-4-16-44(52)30-34-56(64)68;1-3-11-45-37(9-1)17-25-51-47-29-23-43(33-41(47)19-27-49(45)51)61-57-15-7-5-13-53(57)55-35-39(21-31-59(55)61)40-22-32-60-56(36-40)54-14-6-8-16-58(54)62(60)44-24-30-48-42(34-44)20-28-50-46-12-4-2-10-38(46)18-26-52(48)50/h1-40H;1-36H. The van der Waals surface area contributed by atoms with Crippen molar-refractivity contribution in [3.05, 3.63) is 461 Å². The van der Waals surface area contributed by atoms with Crippen molar-refractivity contribution in [1.29, 1.82) is 0 Å². The second-order valence-electron chi connectivity index (χ2n) is 36.0. The van der Waals surface area contributed by atoms with Gasteiger partial charge in [0.05, 0.1) is 55.5 Å². The van der Waals surface area contributed by atoms with Crippen LogP contribution in [0, 0.1) is 0 Å². The zero-order valence-electron chi connectivity index (χ0n) is 71.7. The normalized spacial score (nSPS) is 12.2. The highest BCUT2D eigenvalue weighted by Crippen LogP contribution is 2.49. The summed E-state index contributed by atoms with van der Waals surface area (Å²) in [6.45, 7) is 0. The summed E-state index contributed by atoms with van der Waals surface area (Å²) in [6.07, 6.45) is 0. The molecule has 26 aromatic carbocycles. The summed E-state index contributed by atoms with van der Waals surface area (Å²) >= 11 is 0. The van der Waals surface area contributed by atoms with Gasteiger partial charge in [-0.05, 0) is 261 Å². The number of para-hydroxylation sites is 4. The van der Waals surface area contributed by atoms with Crippen LogP contribution < -0.4 is 0 Å². The second-order valence-corrected chi connectivity index (χ2v) is 36.0. The Morgan fingerprint density at radius 1 is 0.106 bits per heavy atom. The molecule has 4 aromatic heterocycles. The summed E-state index contributed by atoms with van der Waals surface area (Å²) in [7, 11) is 0. The molecule has 30 rings (SSSR count). The Kier molecular flexibility index (Phi) is 15.4. The maximum Gasteiger partial charge on any atom is 0.0547 e. The highest BCUT2D eigenvalue weighted by molar-refractivity contribution is 6.33. The molecule has 30 aromatic rings. The third-order valence-electron chi connectivity index (χ3n) is 29.2. The molecular weight excluding hydrogens is 1590 g/mol. The van der Waals surface area contributed by atoms with Crippen LogP contribution >= 0.6 is 0 Å². The molecular formula is C128H76N4. The fourth-order valence-electron chi connectivity index (χ4n) is 23.3. The van der Waals surface area contributed by atoms with Crippen molar-refractivity contribution in [2.45, 2.75) is 0 Å². The Morgan fingerprint density at radius 2 is 0.326 bits per heavy atom. The van der Waals surface area contributed by atoms with Crippen LogP contribution in [0.3, 0.4) is 0 Å². The van der Waals surface area contributed by atoms with E-state index in [4.69, 9.17) is 0 Å². The first-order valence-corrected chi connectivity index (χ1v) is 45.8. The molecule has 0 fully saturated rings. The number of fused-ring (bicyclic) bond motifs is 36. The first-order chi connectivity index (χ1) is 65.5. The van der Waals surface area contributed by atoms with Crippen molar-refractivity contribution in [1.82, 2.24) is 18.3 Å². The van der Waals surface area contributed by atoms with E-state index in [1.54, 1.807) is 0 Å². The number of benzene rings is 26. The molecule has 0 bridgehead atoms. The van der Waals surface area contributed by atoms with Gasteiger partial charge in [0.15, 0.2) is 0 Å². The fraction of sp³-hybridized carbons (Fsp3) is 0. The minimum atomic E-state index is 1.17. The van der Waals surface area contributed by atoms with Gasteiger partial charge in [-0.3, -0.25) is 0 Å². The molecule has 4 nitrogen and oxygen atoms in total. The van der Waals surface area contributed by atoms with Crippen molar-refractivity contribution in [2.75, 3.05) is 0 Å². The lowest BCUT2D eigenvalue weighted by Gasteiger charge is -2.17. The van der Waals surface area contributed by atoms with E-state index in [2.05, 4.69) is 479 Å². The highest BCUT2D eigenvalue weighted by atomic mass is 15.0. The van der Waals surface area contributed by atoms with Gasteiger partial charge < -0.3 is 18.3 Å². The molecule has 4 heteroatoms. The zero-order valence-corrected chi connectivity index (χ0v) is 71.7. The SMILES string of the molecule is c1ccc2c(c1)ccc1c3ccc(-n4c5ccccc5c5cc(-c6ccc7c(c6)c6ccccc6n7-c6ccc7c(ccc8c9ccccc9ccc78)c6)ccc54)cc3ccc21.c1ccc2c(c1)ccc1cc(-n3c4ccccc4c4cc(-c5ccc6c(c5)c5ccccc5n6-c5cc6ccc7ccccc7c6c6c5ccc5ccccc56)ccc43)c3ccc4ccccc4c3c12. The van der Waals surface area contributed by atoms with Crippen LogP contribution in [0.15, 0.2) is 461 Å². The lowest BCUT2D eigenvalue weighted by molar-refractivity contribution is 1.19. The van der Waals surface area contributed by atoms with Gasteiger partial charge in [-0.1, -0.05) is 352 Å². The molecule has 0 saturated heterocycles. The van der Waals surface area contributed by atoms with Crippen molar-refractivity contribution in [2.24, 2.45) is 0 Å². The topological polar surface area (TPSA) is 19.7 Å². The Bertz CT molecular complexity index is 9750. The molecule has 0 aliphatic heterocycles. The van der Waals surface area contributed by atoms with Crippen LogP contribution in [-0.2, 0) is 0 Å². The van der Waals surface area contributed by atoms with Crippen LogP contribution in [0.5, 0.6) is 0 Å². The Labute approximate surface area is 757 Å². The Balaban J connectivity index is 0.000000130. The van der Waals surface area contributed by atoms with E-state index in [1.165, 1.54) is 283 Å². The molecule has 132 heavy (non-hydrogen) atoms. The molecule has 0 spiro atoms. The first-order valence-electron chi connectivity index (χ1n) is 45.8. The van der Waals surface area contributed by atoms with Crippen LogP contribution in [0.1, 0.15) is 0 Å². The van der Waals surface area contributed by atoms with E-state index in [0.717, 1.165) is 0 Å². The van der Waals surface area contributed by atoms with Crippen LogP contribution in [0.4, 0.5) is 0 Å². The molecule has 4 heterocycles. The average molecular weight is 1670 g/mol. The third kappa shape index (κ3) is 10.7. The van der Waals surface area contributed by atoms with E-state index in [0.29, 0.717) is 0 Å². The molecule has 0 amide bonds. The van der Waals surface area contributed by atoms with Crippen LogP contribution in [-0.4, -0.2) is 18.3 Å². The van der Waals surface area contributed by atoms with Gasteiger partial charge in [-0.15, -0.1) is 0 Å². The minimum Gasteiger partial charge on any atom is -0.309 e. The summed E-state index contributed by atoms with van der Waals surface area (Å²) in [6, 6.07) is 172. The Morgan fingerprint density at radius 3 is 0.659 bits per heavy atom. The number of hydrogen-bond donors (Lipinski definition) is 0. The summed E-state index contributed by atoms with van der Waals surface area (Å²) in [5.41, 5.74) is 19.2. The highest BCUT2D eigenvalue weighted by Gasteiger charge is 2.25. The molecule has 0 N–H and O–H groups in total. The molecule has 0 radical (unpaired) electrons. The lowest BCUT2D eigenvalue weighted by atomic mass is 9.92. The summed E-state index contributed by atoms with van der Waals surface area (Å²) in [5, 5.41) is 45.7. The number of hydrogen-bond acceptors (Lipinski definition) is 0. The first kappa shape index (κ1) is 72.7. The van der Waals surface area contributed by atoms with Gasteiger partial charge >= 0.3 is 0 Å². The molecule has 0 unspecified atom stereocenters. The van der Waals surface area contributed by atoms with E-state index < -0.39 is 0 Å². The number of rotatable bonds is 6. The lowest BCUT2D eigenvalue weighted by Crippen LogP contribution is -1.97. The summed E-state index contributed by atoms with van der Waals surface area (Å²) in [5.74, 6) is 0. The van der Waals surface area contributed by atoms with Crippen LogP contribution in [0.25, 0.3) is 283 Å². The van der Waals surface area contributed by atoms with Crippen molar-refractivity contribution in [3.8, 4) is 45.0 Å². The molecule has 0 aliphatic carbocycles. The van der Waals surface area contributed by atoms with E-state index in [9.17, 15) is 0 Å². The number of aromatic nitrogens is 4. The van der Waals surface area contributed by atoms with Gasteiger partial charge in [-0.25, -0.2) is 0 Å².